The summed E-state index contributed by atoms with van der Waals surface area (Å²) >= 11 is 0. The van der Waals surface area contributed by atoms with Crippen molar-refractivity contribution < 1.29 is 9.13 Å². The first-order valence-corrected chi connectivity index (χ1v) is 6.39. The van der Waals surface area contributed by atoms with Gasteiger partial charge in [-0.3, -0.25) is 4.90 Å². The molecule has 1 unspecified atom stereocenters. The molecule has 17 heavy (non-hydrogen) atoms. The van der Waals surface area contributed by atoms with E-state index < -0.39 is 0 Å². The summed E-state index contributed by atoms with van der Waals surface area (Å²) in [6, 6.07) is 7.21. The van der Waals surface area contributed by atoms with Gasteiger partial charge in [0.05, 0.1) is 0 Å². The lowest BCUT2D eigenvalue weighted by Gasteiger charge is -2.33. The first-order chi connectivity index (χ1) is 8.27. The normalized spacial score (nSPS) is 21.4. The topological polar surface area (TPSA) is 12.5 Å². The highest BCUT2D eigenvalue weighted by molar-refractivity contribution is 5.23. The van der Waals surface area contributed by atoms with Crippen molar-refractivity contribution in [1.29, 1.82) is 0 Å². The monoisotopic (exact) mass is 237 g/mol. The summed E-state index contributed by atoms with van der Waals surface area (Å²) in [7, 11) is 0. The largest absolute Gasteiger partial charge is 0.489 e. The van der Waals surface area contributed by atoms with Crippen molar-refractivity contribution in [3.05, 3.63) is 30.1 Å². The molecule has 2 rings (SSSR count). The summed E-state index contributed by atoms with van der Waals surface area (Å²) in [4.78, 5) is 2.42. The number of hydrogen-bond acceptors (Lipinski definition) is 2. The van der Waals surface area contributed by atoms with Crippen molar-refractivity contribution in [3.63, 3.8) is 0 Å². The second kappa shape index (κ2) is 6.01. The quantitative estimate of drug-likeness (QED) is 0.798. The standard InChI is InChI=1S/C14H20FNO/c1-12-6-4-5-9-16(12)10-11-17-14-8-3-2-7-13(14)15/h2-3,7-8,12H,4-6,9-11H2,1H3. The number of halogens is 1. The van der Waals surface area contributed by atoms with Gasteiger partial charge in [0.15, 0.2) is 11.6 Å². The minimum Gasteiger partial charge on any atom is -0.489 e. The Hall–Kier alpha value is -1.09. The lowest BCUT2D eigenvalue weighted by molar-refractivity contribution is 0.132. The Morgan fingerprint density at radius 2 is 2.18 bits per heavy atom. The molecule has 1 saturated heterocycles. The Kier molecular flexibility index (Phi) is 4.37. The smallest absolute Gasteiger partial charge is 0.165 e. The number of hydrogen-bond donors (Lipinski definition) is 0. The zero-order valence-corrected chi connectivity index (χ0v) is 10.4. The molecular weight excluding hydrogens is 217 g/mol. The SMILES string of the molecule is CC1CCCCN1CCOc1ccccc1F. The fourth-order valence-electron chi connectivity index (χ4n) is 2.32. The molecule has 94 valence electrons. The number of para-hydroxylation sites is 1. The molecule has 1 fully saturated rings. The van der Waals surface area contributed by atoms with Crippen molar-refractivity contribution in [1.82, 2.24) is 4.90 Å². The van der Waals surface area contributed by atoms with Crippen LogP contribution in [0.1, 0.15) is 26.2 Å². The number of piperidine rings is 1. The Morgan fingerprint density at radius 1 is 1.35 bits per heavy atom. The molecule has 1 aromatic carbocycles. The number of rotatable bonds is 4. The summed E-state index contributed by atoms with van der Waals surface area (Å²) in [5.41, 5.74) is 0. The highest BCUT2D eigenvalue weighted by Crippen LogP contribution is 2.17. The highest BCUT2D eigenvalue weighted by atomic mass is 19.1. The minimum absolute atomic E-state index is 0.279. The van der Waals surface area contributed by atoms with Crippen LogP contribution >= 0.6 is 0 Å². The molecule has 0 saturated carbocycles. The van der Waals surface area contributed by atoms with Crippen LogP contribution in [0.25, 0.3) is 0 Å². The first kappa shape index (κ1) is 12.4. The summed E-state index contributed by atoms with van der Waals surface area (Å²) in [6.45, 7) is 4.84. The van der Waals surface area contributed by atoms with Gasteiger partial charge < -0.3 is 4.74 Å². The highest BCUT2D eigenvalue weighted by Gasteiger charge is 2.17. The van der Waals surface area contributed by atoms with E-state index in [2.05, 4.69) is 11.8 Å². The van der Waals surface area contributed by atoms with E-state index in [1.54, 1.807) is 18.2 Å². The van der Waals surface area contributed by atoms with Gasteiger partial charge in [-0.2, -0.15) is 0 Å². The summed E-state index contributed by atoms with van der Waals surface area (Å²) in [5, 5.41) is 0. The molecule has 1 heterocycles. The molecular formula is C14H20FNO. The summed E-state index contributed by atoms with van der Waals surface area (Å²) in [5.74, 6) is 0.0800. The number of likely N-dealkylation sites (tertiary alicyclic amines) is 1. The van der Waals surface area contributed by atoms with Crippen LogP contribution < -0.4 is 4.74 Å². The van der Waals surface area contributed by atoms with E-state index in [1.807, 2.05) is 0 Å². The van der Waals surface area contributed by atoms with Crippen molar-refractivity contribution in [2.24, 2.45) is 0 Å². The van der Waals surface area contributed by atoms with Gasteiger partial charge in [0.1, 0.15) is 6.61 Å². The molecule has 0 spiro atoms. The van der Waals surface area contributed by atoms with E-state index in [9.17, 15) is 4.39 Å². The van der Waals surface area contributed by atoms with Crippen molar-refractivity contribution >= 4 is 0 Å². The zero-order valence-electron chi connectivity index (χ0n) is 10.4. The summed E-state index contributed by atoms with van der Waals surface area (Å²) < 4.78 is 18.8. The van der Waals surface area contributed by atoms with Crippen LogP contribution in [0.4, 0.5) is 4.39 Å². The van der Waals surface area contributed by atoms with Gasteiger partial charge in [-0.25, -0.2) is 4.39 Å². The minimum atomic E-state index is -0.279. The van der Waals surface area contributed by atoms with Gasteiger partial charge in [0.25, 0.3) is 0 Å². The van der Waals surface area contributed by atoms with Gasteiger partial charge in [0.2, 0.25) is 0 Å². The number of nitrogens with zero attached hydrogens (tertiary/aromatic N) is 1. The van der Waals surface area contributed by atoms with E-state index in [4.69, 9.17) is 4.74 Å². The number of benzene rings is 1. The lowest BCUT2D eigenvalue weighted by Crippen LogP contribution is -2.39. The van der Waals surface area contributed by atoms with E-state index >= 15 is 0 Å². The maximum atomic E-state index is 13.3. The predicted molar refractivity (Wildman–Crippen MR) is 66.8 cm³/mol. The molecule has 3 heteroatoms. The van der Waals surface area contributed by atoms with Gasteiger partial charge in [0, 0.05) is 12.6 Å². The van der Waals surface area contributed by atoms with Crippen LogP contribution in [0.15, 0.2) is 24.3 Å². The Bertz CT molecular complexity index is 356. The molecule has 1 atom stereocenters. The van der Waals surface area contributed by atoms with E-state index in [0.717, 1.165) is 13.1 Å². The van der Waals surface area contributed by atoms with E-state index in [-0.39, 0.29) is 5.82 Å². The second-order valence-electron chi connectivity index (χ2n) is 4.66. The molecule has 0 aliphatic carbocycles. The van der Waals surface area contributed by atoms with Crippen LogP contribution in [0, 0.1) is 5.82 Å². The lowest BCUT2D eigenvalue weighted by atomic mass is 10.0. The third-order valence-electron chi connectivity index (χ3n) is 3.41. The summed E-state index contributed by atoms with van der Waals surface area (Å²) in [6.07, 6.45) is 3.86. The van der Waals surface area contributed by atoms with Crippen LogP contribution in [0.3, 0.4) is 0 Å². The zero-order chi connectivity index (χ0) is 12.1. The Balaban J connectivity index is 1.77. The third-order valence-corrected chi connectivity index (χ3v) is 3.41. The van der Waals surface area contributed by atoms with Crippen molar-refractivity contribution in [3.8, 4) is 5.75 Å². The average Bonchev–Trinajstić information content (AvgIpc) is 2.34. The molecule has 2 nitrogen and oxygen atoms in total. The van der Waals surface area contributed by atoms with Crippen LogP contribution in [0.2, 0.25) is 0 Å². The Labute approximate surface area is 102 Å². The molecule has 0 N–H and O–H groups in total. The molecule has 0 amide bonds. The maximum absolute atomic E-state index is 13.3. The van der Waals surface area contributed by atoms with Crippen LogP contribution in [0.5, 0.6) is 5.75 Å². The van der Waals surface area contributed by atoms with Crippen molar-refractivity contribution in [2.45, 2.75) is 32.2 Å². The Morgan fingerprint density at radius 3 is 2.94 bits per heavy atom. The molecule has 1 aromatic rings. The van der Waals surface area contributed by atoms with Gasteiger partial charge >= 0.3 is 0 Å². The fourth-order valence-corrected chi connectivity index (χ4v) is 2.32. The molecule has 1 aliphatic rings. The van der Waals surface area contributed by atoms with E-state index in [0.29, 0.717) is 18.4 Å². The molecule has 1 aliphatic heterocycles. The first-order valence-electron chi connectivity index (χ1n) is 6.39. The molecule has 0 bridgehead atoms. The number of ether oxygens (including phenoxy) is 1. The predicted octanol–water partition coefficient (Wildman–Crippen LogP) is 3.08. The van der Waals surface area contributed by atoms with Crippen LogP contribution in [-0.4, -0.2) is 30.6 Å². The molecule has 0 radical (unpaired) electrons. The third kappa shape index (κ3) is 3.43. The maximum Gasteiger partial charge on any atom is 0.165 e. The van der Waals surface area contributed by atoms with E-state index in [1.165, 1.54) is 25.3 Å². The van der Waals surface area contributed by atoms with Gasteiger partial charge in [-0.1, -0.05) is 18.6 Å². The van der Waals surface area contributed by atoms with Gasteiger partial charge in [-0.05, 0) is 38.4 Å². The van der Waals surface area contributed by atoms with Crippen molar-refractivity contribution in [2.75, 3.05) is 19.7 Å². The van der Waals surface area contributed by atoms with Crippen LogP contribution in [-0.2, 0) is 0 Å². The molecule has 0 aromatic heterocycles. The van der Waals surface area contributed by atoms with Gasteiger partial charge in [-0.15, -0.1) is 0 Å². The second-order valence-corrected chi connectivity index (χ2v) is 4.66. The fraction of sp³-hybridized carbons (Fsp3) is 0.571. The average molecular weight is 237 g/mol.